The van der Waals surface area contributed by atoms with Crippen molar-refractivity contribution in [3.8, 4) is 0 Å². The maximum atomic E-state index is 10.5. The standard InChI is InChI=1S/C7H13ClO2/c1-5(2)6(3-4-8)7(9)10/h5-6H,3-4H2,1-2H3,(H,9,10). The van der Waals surface area contributed by atoms with Crippen LogP contribution in [-0.2, 0) is 4.79 Å². The molecular weight excluding hydrogens is 152 g/mol. The summed E-state index contributed by atoms with van der Waals surface area (Å²) in [5.74, 6) is -0.417. The Balaban J connectivity index is 3.85. The van der Waals surface area contributed by atoms with Crippen LogP contribution < -0.4 is 0 Å². The van der Waals surface area contributed by atoms with Gasteiger partial charge in [0.2, 0.25) is 0 Å². The quantitative estimate of drug-likeness (QED) is 0.646. The number of rotatable bonds is 4. The fourth-order valence-electron chi connectivity index (χ4n) is 0.860. The molecule has 1 atom stereocenters. The van der Waals surface area contributed by atoms with E-state index < -0.39 is 5.97 Å². The largest absolute Gasteiger partial charge is 0.481 e. The number of carboxylic acids is 1. The summed E-state index contributed by atoms with van der Waals surface area (Å²) in [6, 6.07) is 0. The summed E-state index contributed by atoms with van der Waals surface area (Å²) in [5, 5.41) is 8.62. The molecule has 0 aliphatic rings. The van der Waals surface area contributed by atoms with Gasteiger partial charge in [0.15, 0.2) is 0 Å². The zero-order valence-corrected chi connectivity index (χ0v) is 7.06. The predicted molar refractivity (Wildman–Crippen MR) is 41.3 cm³/mol. The van der Waals surface area contributed by atoms with Gasteiger partial charge in [0, 0.05) is 5.88 Å². The van der Waals surface area contributed by atoms with E-state index >= 15 is 0 Å². The van der Waals surface area contributed by atoms with E-state index in [1.54, 1.807) is 0 Å². The zero-order valence-electron chi connectivity index (χ0n) is 6.30. The molecule has 60 valence electrons. The Labute approximate surface area is 66.2 Å². The third kappa shape index (κ3) is 3.06. The van der Waals surface area contributed by atoms with Crippen molar-refractivity contribution in [2.75, 3.05) is 5.88 Å². The van der Waals surface area contributed by atoms with E-state index in [0.29, 0.717) is 12.3 Å². The maximum absolute atomic E-state index is 10.5. The van der Waals surface area contributed by atoms with Crippen molar-refractivity contribution in [1.29, 1.82) is 0 Å². The predicted octanol–water partition coefficient (Wildman–Crippen LogP) is 1.97. The van der Waals surface area contributed by atoms with Crippen LogP contribution in [0.3, 0.4) is 0 Å². The molecule has 1 unspecified atom stereocenters. The number of aliphatic carboxylic acids is 1. The van der Waals surface area contributed by atoms with Gasteiger partial charge >= 0.3 is 5.97 Å². The molecule has 0 bridgehead atoms. The third-order valence-corrected chi connectivity index (χ3v) is 1.76. The fraction of sp³-hybridized carbons (Fsp3) is 0.857. The summed E-state index contributed by atoms with van der Waals surface area (Å²) in [6.45, 7) is 3.79. The van der Waals surface area contributed by atoms with Crippen LogP contribution in [0.1, 0.15) is 20.3 Å². The molecule has 0 aliphatic heterocycles. The molecule has 0 rings (SSSR count). The highest BCUT2D eigenvalue weighted by Gasteiger charge is 2.19. The number of halogens is 1. The first kappa shape index (κ1) is 9.76. The smallest absolute Gasteiger partial charge is 0.306 e. The highest BCUT2D eigenvalue weighted by atomic mass is 35.5. The van der Waals surface area contributed by atoms with Crippen LogP contribution in [0.4, 0.5) is 0 Å². The van der Waals surface area contributed by atoms with Crippen molar-refractivity contribution in [1.82, 2.24) is 0 Å². The van der Waals surface area contributed by atoms with Crippen LogP contribution in [0.2, 0.25) is 0 Å². The number of carbonyl (C=O) groups is 1. The van der Waals surface area contributed by atoms with Crippen LogP contribution in [0.5, 0.6) is 0 Å². The van der Waals surface area contributed by atoms with Gasteiger partial charge in [-0.1, -0.05) is 13.8 Å². The molecule has 0 aromatic rings. The number of hydrogen-bond donors (Lipinski definition) is 1. The normalized spacial score (nSPS) is 13.6. The van der Waals surface area contributed by atoms with Gasteiger partial charge in [-0.05, 0) is 12.3 Å². The lowest BCUT2D eigenvalue weighted by Gasteiger charge is -2.13. The number of carboxylic acid groups (broad SMARTS) is 1. The molecule has 1 N–H and O–H groups in total. The molecule has 0 aromatic heterocycles. The highest BCUT2D eigenvalue weighted by molar-refractivity contribution is 6.17. The summed E-state index contributed by atoms with van der Waals surface area (Å²) in [6.07, 6.45) is 0.564. The molecule has 2 nitrogen and oxygen atoms in total. The van der Waals surface area contributed by atoms with Crippen molar-refractivity contribution in [2.24, 2.45) is 11.8 Å². The fourth-order valence-corrected chi connectivity index (χ4v) is 1.09. The lowest BCUT2D eigenvalue weighted by atomic mass is 9.94. The Morgan fingerprint density at radius 2 is 2.10 bits per heavy atom. The first-order chi connectivity index (χ1) is 4.59. The van der Waals surface area contributed by atoms with Gasteiger partial charge in [0.1, 0.15) is 0 Å². The molecule has 0 heterocycles. The molecule has 0 aliphatic carbocycles. The second-order valence-corrected chi connectivity index (χ2v) is 3.04. The van der Waals surface area contributed by atoms with Crippen molar-refractivity contribution in [3.05, 3.63) is 0 Å². The molecule has 0 aromatic carbocycles. The van der Waals surface area contributed by atoms with E-state index in [2.05, 4.69) is 0 Å². The van der Waals surface area contributed by atoms with Gasteiger partial charge in [-0.3, -0.25) is 4.79 Å². The van der Waals surface area contributed by atoms with E-state index in [1.165, 1.54) is 0 Å². The minimum absolute atomic E-state index is 0.177. The van der Waals surface area contributed by atoms with Crippen LogP contribution in [0, 0.1) is 11.8 Å². The molecule has 3 heteroatoms. The lowest BCUT2D eigenvalue weighted by Crippen LogP contribution is -2.19. The monoisotopic (exact) mass is 164 g/mol. The Hall–Kier alpha value is -0.240. The van der Waals surface area contributed by atoms with E-state index in [1.807, 2.05) is 13.8 Å². The average molecular weight is 165 g/mol. The van der Waals surface area contributed by atoms with E-state index in [-0.39, 0.29) is 11.8 Å². The van der Waals surface area contributed by atoms with Gasteiger partial charge in [-0.15, -0.1) is 11.6 Å². The minimum atomic E-state index is -0.740. The lowest BCUT2D eigenvalue weighted by molar-refractivity contribution is -0.143. The Morgan fingerprint density at radius 3 is 2.20 bits per heavy atom. The Bertz CT molecular complexity index is 112. The molecule has 10 heavy (non-hydrogen) atoms. The molecule has 0 saturated carbocycles. The van der Waals surface area contributed by atoms with E-state index in [4.69, 9.17) is 16.7 Å². The first-order valence-electron chi connectivity index (χ1n) is 3.38. The average Bonchev–Trinajstić information content (AvgIpc) is 1.81. The molecule has 0 spiro atoms. The van der Waals surface area contributed by atoms with E-state index in [9.17, 15) is 4.79 Å². The summed E-state index contributed by atoms with van der Waals surface area (Å²) >= 11 is 5.42. The van der Waals surface area contributed by atoms with Crippen LogP contribution in [0.15, 0.2) is 0 Å². The maximum Gasteiger partial charge on any atom is 0.306 e. The van der Waals surface area contributed by atoms with Gasteiger partial charge in [0.05, 0.1) is 5.92 Å². The molecule has 0 saturated heterocycles. The summed E-state index contributed by atoms with van der Waals surface area (Å²) in [7, 11) is 0. The van der Waals surface area contributed by atoms with Crippen LogP contribution in [0.25, 0.3) is 0 Å². The van der Waals surface area contributed by atoms with Crippen molar-refractivity contribution >= 4 is 17.6 Å². The summed E-state index contributed by atoms with van der Waals surface area (Å²) in [4.78, 5) is 10.5. The molecular formula is C7H13ClO2. The molecule has 0 amide bonds. The topological polar surface area (TPSA) is 37.3 Å². The molecule has 0 radical (unpaired) electrons. The molecule has 0 fully saturated rings. The first-order valence-corrected chi connectivity index (χ1v) is 3.91. The van der Waals surface area contributed by atoms with Crippen molar-refractivity contribution < 1.29 is 9.90 Å². The third-order valence-electron chi connectivity index (χ3n) is 1.54. The zero-order chi connectivity index (χ0) is 8.15. The van der Waals surface area contributed by atoms with Gasteiger partial charge in [0.25, 0.3) is 0 Å². The number of hydrogen-bond acceptors (Lipinski definition) is 1. The second kappa shape index (κ2) is 4.56. The summed E-state index contributed by atoms with van der Waals surface area (Å²) < 4.78 is 0. The summed E-state index contributed by atoms with van der Waals surface area (Å²) in [5.41, 5.74) is 0. The van der Waals surface area contributed by atoms with Crippen LogP contribution in [-0.4, -0.2) is 17.0 Å². The van der Waals surface area contributed by atoms with Gasteiger partial charge < -0.3 is 5.11 Å². The van der Waals surface area contributed by atoms with Crippen molar-refractivity contribution in [3.63, 3.8) is 0 Å². The number of alkyl halides is 1. The van der Waals surface area contributed by atoms with Crippen molar-refractivity contribution in [2.45, 2.75) is 20.3 Å². The van der Waals surface area contributed by atoms with Gasteiger partial charge in [-0.2, -0.15) is 0 Å². The highest BCUT2D eigenvalue weighted by Crippen LogP contribution is 2.15. The van der Waals surface area contributed by atoms with Crippen LogP contribution >= 0.6 is 11.6 Å². The Morgan fingerprint density at radius 1 is 1.60 bits per heavy atom. The second-order valence-electron chi connectivity index (χ2n) is 2.67. The van der Waals surface area contributed by atoms with Gasteiger partial charge in [-0.25, -0.2) is 0 Å². The minimum Gasteiger partial charge on any atom is -0.481 e. The van der Waals surface area contributed by atoms with E-state index in [0.717, 1.165) is 0 Å². The Kier molecular flexibility index (Phi) is 4.45. The SMILES string of the molecule is CC(C)C(CCCl)C(=O)O.